The molecule has 3 nitrogen and oxygen atoms in total. The molecular weight excluding hydrogens is 257 g/mol. The Morgan fingerprint density at radius 1 is 1.21 bits per heavy atom. The van der Waals surface area contributed by atoms with Crippen LogP contribution < -0.4 is 0 Å². The van der Waals surface area contributed by atoms with Gasteiger partial charge in [-0.2, -0.15) is 18.4 Å². The molecule has 0 fully saturated rings. The number of benzene rings is 1. The van der Waals surface area contributed by atoms with E-state index in [0.717, 1.165) is 0 Å². The van der Waals surface area contributed by atoms with Crippen LogP contribution in [-0.2, 0) is 13.2 Å². The third-order valence-corrected chi connectivity index (χ3v) is 2.82. The summed E-state index contributed by atoms with van der Waals surface area (Å²) >= 11 is 0. The number of aromatic hydroxyl groups is 1. The standard InChI is InChI=1S/C13H9F3N2O/c1-18-8(7-17)2-5-12(18)10-4-3-9(19)6-11(10)13(14,15)16/h2-6,19H,1H3. The van der Waals surface area contributed by atoms with E-state index >= 15 is 0 Å². The van der Waals surface area contributed by atoms with Crippen LogP contribution in [0.3, 0.4) is 0 Å². The van der Waals surface area contributed by atoms with E-state index in [4.69, 9.17) is 5.26 Å². The molecule has 0 aliphatic heterocycles. The van der Waals surface area contributed by atoms with Crippen LogP contribution in [0.25, 0.3) is 11.3 Å². The average Bonchev–Trinajstić information content (AvgIpc) is 2.69. The number of aromatic nitrogens is 1. The lowest BCUT2D eigenvalue weighted by molar-refractivity contribution is -0.137. The molecule has 1 aromatic carbocycles. The van der Waals surface area contributed by atoms with Gasteiger partial charge in [0.2, 0.25) is 0 Å². The van der Waals surface area contributed by atoms with E-state index in [1.165, 1.54) is 35.9 Å². The van der Waals surface area contributed by atoms with Gasteiger partial charge >= 0.3 is 6.18 Å². The molecule has 1 N–H and O–H groups in total. The van der Waals surface area contributed by atoms with Crippen LogP contribution in [0, 0.1) is 11.3 Å². The van der Waals surface area contributed by atoms with Gasteiger partial charge in [0.05, 0.1) is 5.56 Å². The van der Waals surface area contributed by atoms with Gasteiger partial charge < -0.3 is 9.67 Å². The SMILES string of the molecule is Cn1c(C#N)ccc1-c1ccc(O)cc1C(F)(F)F. The fraction of sp³-hybridized carbons (Fsp3) is 0.154. The quantitative estimate of drug-likeness (QED) is 0.861. The minimum absolute atomic E-state index is 0.0747. The van der Waals surface area contributed by atoms with E-state index in [9.17, 15) is 18.3 Å². The van der Waals surface area contributed by atoms with Crippen molar-refractivity contribution in [3.05, 3.63) is 41.6 Å². The van der Waals surface area contributed by atoms with Gasteiger partial charge in [-0.1, -0.05) is 0 Å². The van der Waals surface area contributed by atoms with E-state index in [1.807, 2.05) is 6.07 Å². The summed E-state index contributed by atoms with van der Waals surface area (Å²) in [5.41, 5.74) is -0.479. The lowest BCUT2D eigenvalue weighted by Gasteiger charge is -2.14. The molecule has 2 rings (SSSR count). The fourth-order valence-corrected chi connectivity index (χ4v) is 1.88. The highest BCUT2D eigenvalue weighted by atomic mass is 19.4. The summed E-state index contributed by atoms with van der Waals surface area (Å²) in [6.07, 6.45) is -4.58. The van der Waals surface area contributed by atoms with Crippen molar-refractivity contribution >= 4 is 0 Å². The Kier molecular flexibility index (Phi) is 2.98. The predicted octanol–water partition coefficient (Wildman–Crippen LogP) is 3.29. The summed E-state index contributed by atoms with van der Waals surface area (Å²) in [6.45, 7) is 0. The van der Waals surface area contributed by atoms with Crippen molar-refractivity contribution in [2.45, 2.75) is 6.18 Å². The van der Waals surface area contributed by atoms with E-state index in [1.54, 1.807) is 0 Å². The zero-order valence-electron chi connectivity index (χ0n) is 9.86. The van der Waals surface area contributed by atoms with Crippen molar-refractivity contribution in [3.8, 4) is 23.1 Å². The van der Waals surface area contributed by atoms with Crippen LogP contribution in [0.2, 0.25) is 0 Å². The molecule has 1 heterocycles. The third-order valence-electron chi connectivity index (χ3n) is 2.82. The molecule has 98 valence electrons. The first-order valence-electron chi connectivity index (χ1n) is 5.31. The fourth-order valence-electron chi connectivity index (χ4n) is 1.88. The van der Waals surface area contributed by atoms with Crippen LogP contribution in [0.15, 0.2) is 30.3 Å². The van der Waals surface area contributed by atoms with Gasteiger partial charge in [0.1, 0.15) is 17.5 Å². The average molecular weight is 266 g/mol. The molecule has 0 radical (unpaired) electrons. The molecule has 0 amide bonds. The normalized spacial score (nSPS) is 11.3. The minimum atomic E-state index is -4.58. The molecule has 2 aromatic rings. The van der Waals surface area contributed by atoms with E-state index in [0.29, 0.717) is 6.07 Å². The zero-order chi connectivity index (χ0) is 14.2. The van der Waals surface area contributed by atoms with Crippen LogP contribution in [0.4, 0.5) is 13.2 Å². The topological polar surface area (TPSA) is 49.0 Å². The first-order chi connectivity index (χ1) is 8.84. The van der Waals surface area contributed by atoms with E-state index in [-0.39, 0.29) is 17.0 Å². The van der Waals surface area contributed by atoms with Crippen LogP contribution >= 0.6 is 0 Å². The number of hydrogen-bond donors (Lipinski definition) is 1. The summed E-state index contributed by atoms with van der Waals surface area (Å²) in [4.78, 5) is 0. The number of nitrogens with zero attached hydrogens (tertiary/aromatic N) is 2. The molecule has 0 saturated carbocycles. The highest BCUT2D eigenvalue weighted by Gasteiger charge is 2.34. The number of rotatable bonds is 1. The van der Waals surface area contributed by atoms with Crippen LogP contribution in [0.5, 0.6) is 5.75 Å². The third kappa shape index (κ3) is 2.27. The number of hydrogen-bond acceptors (Lipinski definition) is 2. The second-order valence-corrected chi connectivity index (χ2v) is 4.00. The number of halogens is 3. The monoisotopic (exact) mass is 266 g/mol. The van der Waals surface area contributed by atoms with E-state index in [2.05, 4.69) is 0 Å². The molecule has 6 heteroatoms. The van der Waals surface area contributed by atoms with Crippen LogP contribution in [-0.4, -0.2) is 9.67 Å². The molecule has 19 heavy (non-hydrogen) atoms. The highest BCUT2D eigenvalue weighted by Crippen LogP contribution is 2.39. The molecule has 1 aromatic heterocycles. The van der Waals surface area contributed by atoms with Crippen molar-refractivity contribution in [3.63, 3.8) is 0 Å². The number of nitriles is 1. The maximum Gasteiger partial charge on any atom is 0.417 e. The van der Waals surface area contributed by atoms with Gasteiger partial charge in [-0.05, 0) is 30.3 Å². The minimum Gasteiger partial charge on any atom is -0.508 e. The molecule has 0 saturated heterocycles. The largest absolute Gasteiger partial charge is 0.508 e. The summed E-state index contributed by atoms with van der Waals surface area (Å²) in [5.74, 6) is -0.453. The Morgan fingerprint density at radius 2 is 1.89 bits per heavy atom. The summed E-state index contributed by atoms with van der Waals surface area (Å²) in [5, 5.41) is 18.0. The van der Waals surface area contributed by atoms with E-state index < -0.39 is 17.5 Å². The molecule has 0 aliphatic carbocycles. The van der Waals surface area contributed by atoms with Crippen molar-refractivity contribution in [2.75, 3.05) is 0 Å². The zero-order valence-corrected chi connectivity index (χ0v) is 9.86. The second kappa shape index (κ2) is 4.35. The Bertz CT molecular complexity index is 666. The molecule has 0 atom stereocenters. The van der Waals surface area contributed by atoms with Gasteiger partial charge in [-0.25, -0.2) is 0 Å². The first-order valence-corrected chi connectivity index (χ1v) is 5.31. The molecule has 0 spiro atoms. The van der Waals surface area contributed by atoms with Gasteiger partial charge in [0.15, 0.2) is 0 Å². The Labute approximate surface area is 107 Å². The van der Waals surface area contributed by atoms with Crippen molar-refractivity contribution in [1.82, 2.24) is 4.57 Å². The maximum atomic E-state index is 12.9. The van der Waals surface area contributed by atoms with Gasteiger partial charge in [0, 0.05) is 18.3 Å². The first kappa shape index (κ1) is 13.0. The van der Waals surface area contributed by atoms with Crippen molar-refractivity contribution < 1.29 is 18.3 Å². The Hall–Kier alpha value is -2.42. The summed E-state index contributed by atoms with van der Waals surface area (Å²) in [6, 6.07) is 7.83. The van der Waals surface area contributed by atoms with Crippen molar-refractivity contribution in [1.29, 1.82) is 5.26 Å². The molecule has 0 bridgehead atoms. The second-order valence-electron chi connectivity index (χ2n) is 4.00. The molecule has 0 unspecified atom stereocenters. The van der Waals surface area contributed by atoms with Gasteiger partial charge in [0.25, 0.3) is 0 Å². The number of phenolic OH excluding ortho intramolecular Hbond substituents is 1. The smallest absolute Gasteiger partial charge is 0.417 e. The molecular formula is C13H9F3N2O. The summed E-state index contributed by atoms with van der Waals surface area (Å²) < 4.78 is 40.2. The number of phenols is 1. The predicted molar refractivity (Wildman–Crippen MR) is 62.2 cm³/mol. The van der Waals surface area contributed by atoms with Gasteiger partial charge in [-0.3, -0.25) is 0 Å². The van der Waals surface area contributed by atoms with Crippen LogP contribution in [0.1, 0.15) is 11.3 Å². The Balaban J connectivity index is 2.69. The summed E-state index contributed by atoms with van der Waals surface area (Å²) in [7, 11) is 1.51. The Morgan fingerprint density at radius 3 is 2.42 bits per heavy atom. The van der Waals surface area contributed by atoms with Crippen molar-refractivity contribution in [2.24, 2.45) is 7.05 Å². The number of alkyl halides is 3. The lowest BCUT2D eigenvalue weighted by atomic mass is 10.0. The maximum absolute atomic E-state index is 12.9. The highest BCUT2D eigenvalue weighted by molar-refractivity contribution is 5.67. The van der Waals surface area contributed by atoms with Gasteiger partial charge in [-0.15, -0.1) is 0 Å². The molecule has 0 aliphatic rings. The lowest BCUT2D eigenvalue weighted by Crippen LogP contribution is -2.08.